The van der Waals surface area contributed by atoms with Crippen LogP contribution in [0.25, 0.3) is 0 Å². The second kappa shape index (κ2) is 4.24. The molecule has 0 atom stereocenters. The molecule has 60 valence electrons. The lowest BCUT2D eigenvalue weighted by molar-refractivity contribution is 1.15. The van der Waals surface area contributed by atoms with Crippen molar-refractivity contribution in [3.05, 3.63) is 29.8 Å². The molecular formula is C9H12ClN. The third-order valence-corrected chi connectivity index (χ3v) is 1.84. The van der Waals surface area contributed by atoms with Gasteiger partial charge < -0.3 is 5.32 Å². The molecular weight excluding hydrogens is 158 g/mol. The molecule has 0 heterocycles. The molecule has 11 heavy (non-hydrogen) atoms. The van der Waals surface area contributed by atoms with Crippen LogP contribution in [-0.2, 0) is 6.42 Å². The standard InChI is InChI=1S/C9H12ClN/c1-11-9-5-3-2-4-8(9)6-7-10/h2-5,11H,6-7H2,1H3. The SMILES string of the molecule is CNc1ccccc1CCCl. The summed E-state index contributed by atoms with van der Waals surface area (Å²) in [6.07, 6.45) is 0.929. The topological polar surface area (TPSA) is 12.0 Å². The van der Waals surface area contributed by atoms with E-state index in [0.717, 1.165) is 6.42 Å². The predicted molar refractivity (Wildman–Crippen MR) is 50.4 cm³/mol. The summed E-state index contributed by atoms with van der Waals surface area (Å²) in [6.45, 7) is 0. The van der Waals surface area contributed by atoms with Crippen molar-refractivity contribution in [1.29, 1.82) is 0 Å². The monoisotopic (exact) mass is 169 g/mol. The van der Waals surface area contributed by atoms with Crippen molar-refractivity contribution >= 4 is 17.3 Å². The van der Waals surface area contributed by atoms with E-state index in [1.165, 1.54) is 11.3 Å². The van der Waals surface area contributed by atoms with Gasteiger partial charge in [-0.3, -0.25) is 0 Å². The minimum absolute atomic E-state index is 0.679. The van der Waals surface area contributed by atoms with Crippen LogP contribution in [0, 0.1) is 0 Å². The minimum Gasteiger partial charge on any atom is -0.388 e. The number of rotatable bonds is 3. The third kappa shape index (κ3) is 2.12. The summed E-state index contributed by atoms with van der Waals surface area (Å²) >= 11 is 5.64. The molecule has 0 aliphatic rings. The van der Waals surface area contributed by atoms with Crippen molar-refractivity contribution in [1.82, 2.24) is 0 Å². The lowest BCUT2D eigenvalue weighted by Crippen LogP contribution is -1.95. The van der Waals surface area contributed by atoms with E-state index in [1.807, 2.05) is 19.2 Å². The fourth-order valence-electron chi connectivity index (χ4n) is 1.08. The average Bonchev–Trinajstić information content (AvgIpc) is 2.06. The number of benzene rings is 1. The minimum atomic E-state index is 0.679. The number of aryl methyl sites for hydroxylation is 1. The number of alkyl halides is 1. The van der Waals surface area contributed by atoms with Gasteiger partial charge in [0.2, 0.25) is 0 Å². The quantitative estimate of drug-likeness (QED) is 0.686. The molecule has 2 heteroatoms. The summed E-state index contributed by atoms with van der Waals surface area (Å²) < 4.78 is 0. The number of hydrogen-bond acceptors (Lipinski definition) is 1. The van der Waals surface area contributed by atoms with Gasteiger partial charge in [0.25, 0.3) is 0 Å². The molecule has 0 saturated heterocycles. The summed E-state index contributed by atoms with van der Waals surface area (Å²) in [5.41, 5.74) is 2.46. The number of halogens is 1. The molecule has 1 N–H and O–H groups in total. The summed E-state index contributed by atoms with van der Waals surface area (Å²) in [6, 6.07) is 8.20. The normalized spacial score (nSPS) is 9.64. The molecule has 1 aromatic carbocycles. The zero-order valence-electron chi connectivity index (χ0n) is 6.60. The highest BCUT2D eigenvalue weighted by atomic mass is 35.5. The Bertz CT molecular complexity index is 223. The Balaban J connectivity index is 2.83. The molecule has 0 radical (unpaired) electrons. The summed E-state index contributed by atoms with van der Waals surface area (Å²) in [5.74, 6) is 0.679. The lowest BCUT2D eigenvalue weighted by atomic mass is 10.1. The highest BCUT2D eigenvalue weighted by molar-refractivity contribution is 6.18. The highest BCUT2D eigenvalue weighted by Crippen LogP contribution is 2.14. The van der Waals surface area contributed by atoms with Gasteiger partial charge in [-0.1, -0.05) is 18.2 Å². The van der Waals surface area contributed by atoms with Crippen LogP contribution in [0.3, 0.4) is 0 Å². The number of nitrogens with one attached hydrogen (secondary N) is 1. The van der Waals surface area contributed by atoms with Crippen LogP contribution in [0.15, 0.2) is 24.3 Å². The van der Waals surface area contributed by atoms with Crippen molar-refractivity contribution in [2.45, 2.75) is 6.42 Å². The van der Waals surface area contributed by atoms with Crippen molar-refractivity contribution < 1.29 is 0 Å². The lowest BCUT2D eigenvalue weighted by Gasteiger charge is -2.05. The molecule has 0 spiro atoms. The zero-order chi connectivity index (χ0) is 8.10. The maximum atomic E-state index is 5.64. The summed E-state index contributed by atoms with van der Waals surface area (Å²) in [7, 11) is 1.92. The van der Waals surface area contributed by atoms with E-state index in [4.69, 9.17) is 11.6 Å². The molecule has 1 aromatic rings. The largest absolute Gasteiger partial charge is 0.388 e. The maximum absolute atomic E-state index is 5.64. The molecule has 0 amide bonds. The van der Waals surface area contributed by atoms with E-state index in [-0.39, 0.29) is 0 Å². The first-order chi connectivity index (χ1) is 5.38. The molecule has 1 nitrogen and oxygen atoms in total. The van der Waals surface area contributed by atoms with E-state index in [0.29, 0.717) is 5.88 Å². The second-order valence-electron chi connectivity index (χ2n) is 2.35. The van der Waals surface area contributed by atoms with Gasteiger partial charge in [0.1, 0.15) is 0 Å². The molecule has 0 saturated carbocycles. The molecule has 0 aliphatic carbocycles. The van der Waals surface area contributed by atoms with Gasteiger partial charge in [-0.2, -0.15) is 0 Å². The first-order valence-corrected chi connectivity index (χ1v) is 4.23. The van der Waals surface area contributed by atoms with Crippen LogP contribution in [0.1, 0.15) is 5.56 Å². The Morgan fingerprint density at radius 3 is 2.73 bits per heavy atom. The van der Waals surface area contributed by atoms with Crippen LogP contribution in [0.2, 0.25) is 0 Å². The van der Waals surface area contributed by atoms with E-state index < -0.39 is 0 Å². The van der Waals surface area contributed by atoms with Crippen LogP contribution in [0.5, 0.6) is 0 Å². The fourth-order valence-corrected chi connectivity index (χ4v) is 1.29. The van der Waals surface area contributed by atoms with Gasteiger partial charge in [-0.05, 0) is 18.1 Å². The van der Waals surface area contributed by atoms with Crippen molar-refractivity contribution in [3.63, 3.8) is 0 Å². The van der Waals surface area contributed by atoms with Gasteiger partial charge in [-0.25, -0.2) is 0 Å². The van der Waals surface area contributed by atoms with E-state index in [1.54, 1.807) is 0 Å². The third-order valence-electron chi connectivity index (χ3n) is 1.65. The van der Waals surface area contributed by atoms with E-state index >= 15 is 0 Å². The van der Waals surface area contributed by atoms with Gasteiger partial charge in [-0.15, -0.1) is 11.6 Å². The average molecular weight is 170 g/mol. The van der Waals surface area contributed by atoms with Gasteiger partial charge in [0, 0.05) is 18.6 Å². The van der Waals surface area contributed by atoms with E-state index in [9.17, 15) is 0 Å². The molecule has 0 aliphatic heterocycles. The molecule has 0 aromatic heterocycles. The smallest absolute Gasteiger partial charge is 0.0370 e. The van der Waals surface area contributed by atoms with Crippen molar-refractivity contribution in [2.75, 3.05) is 18.2 Å². The second-order valence-corrected chi connectivity index (χ2v) is 2.72. The predicted octanol–water partition coefficient (Wildman–Crippen LogP) is 2.51. The zero-order valence-corrected chi connectivity index (χ0v) is 7.36. The Kier molecular flexibility index (Phi) is 3.24. The Morgan fingerprint density at radius 1 is 1.36 bits per heavy atom. The number of hydrogen-bond donors (Lipinski definition) is 1. The van der Waals surface area contributed by atoms with Crippen LogP contribution in [-0.4, -0.2) is 12.9 Å². The Morgan fingerprint density at radius 2 is 2.09 bits per heavy atom. The van der Waals surface area contributed by atoms with Crippen LogP contribution in [0.4, 0.5) is 5.69 Å². The van der Waals surface area contributed by atoms with Gasteiger partial charge >= 0.3 is 0 Å². The van der Waals surface area contributed by atoms with Gasteiger partial charge in [0.15, 0.2) is 0 Å². The van der Waals surface area contributed by atoms with Gasteiger partial charge in [0.05, 0.1) is 0 Å². The van der Waals surface area contributed by atoms with Crippen molar-refractivity contribution in [2.24, 2.45) is 0 Å². The molecule has 0 bridgehead atoms. The number of para-hydroxylation sites is 1. The number of anilines is 1. The first-order valence-electron chi connectivity index (χ1n) is 3.70. The van der Waals surface area contributed by atoms with Crippen molar-refractivity contribution in [3.8, 4) is 0 Å². The molecule has 1 rings (SSSR count). The molecule has 0 unspecified atom stereocenters. The van der Waals surface area contributed by atoms with Crippen LogP contribution < -0.4 is 5.32 Å². The molecule has 0 fully saturated rings. The Labute approximate surface area is 72.4 Å². The summed E-state index contributed by atoms with van der Waals surface area (Å²) in [5, 5.41) is 3.12. The fraction of sp³-hybridized carbons (Fsp3) is 0.333. The Hall–Kier alpha value is -0.690. The summed E-state index contributed by atoms with van der Waals surface area (Å²) in [4.78, 5) is 0. The first kappa shape index (κ1) is 8.41. The maximum Gasteiger partial charge on any atom is 0.0370 e. The highest BCUT2D eigenvalue weighted by Gasteiger charge is 1.96. The van der Waals surface area contributed by atoms with Crippen LogP contribution >= 0.6 is 11.6 Å². The van der Waals surface area contributed by atoms with E-state index in [2.05, 4.69) is 17.4 Å².